The monoisotopic (exact) mass is 377 g/mol. The van der Waals surface area contributed by atoms with Crippen LogP contribution in [0.1, 0.15) is 76.0 Å². The maximum absolute atomic E-state index is 10.8. The summed E-state index contributed by atoms with van der Waals surface area (Å²) in [5.41, 5.74) is 6.14. The van der Waals surface area contributed by atoms with E-state index in [4.69, 9.17) is 4.98 Å². The molecular formula is C24H31N3O. The molecule has 2 N–H and O–H groups in total. The van der Waals surface area contributed by atoms with Crippen LogP contribution in [0.2, 0.25) is 0 Å². The van der Waals surface area contributed by atoms with E-state index in [1.54, 1.807) is 0 Å². The van der Waals surface area contributed by atoms with Gasteiger partial charge in [0.25, 0.3) is 0 Å². The summed E-state index contributed by atoms with van der Waals surface area (Å²) in [6.07, 6.45) is 13.7. The number of hydrogen-bond donors (Lipinski definition) is 2. The van der Waals surface area contributed by atoms with Gasteiger partial charge in [0.05, 0.1) is 11.1 Å². The number of nitrogens with zero attached hydrogens (tertiary/aromatic N) is 2. The third-order valence-corrected chi connectivity index (χ3v) is 9.14. The van der Waals surface area contributed by atoms with E-state index < -0.39 is 0 Å². The number of rotatable bonds is 3. The third kappa shape index (κ3) is 2.21. The van der Waals surface area contributed by atoms with Crippen molar-refractivity contribution < 1.29 is 5.11 Å². The number of para-hydroxylation sites is 1. The first kappa shape index (κ1) is 16.1. The van der Waals surface area contributed by atoms with Crippen molar-refractivity contribution in [3.8, 4) is 5.75 Å². The Morgan fingerprint density at radius 2 is 1.68 bits per heavy atom. The number of nitrogens with one attached hydrogen (secondary N) is 1. The number of phenols is 1. The number of imidazole rings is 1. The second kappa shape index (κ2) is 5.46. The van der Waals surface area contributed by atoms with Crippen molar-refractivity contribution in [2.24, 2.45) is 29.6 Å². The first-order valence-electron chi connectivity index (χ1n) is 11.6. The van der Waals surface area contributed by atoms with E-state index in [0.29, 0.717) is 11.7 Å². The van der Waals surface area contributed by atoms with Crippen LogP contribution in [0.4, 0.5) is 0 Å². The molecule has 8 rings (SSSR count). The Hall–Kier alpha value is -1.71. The standard InChI is InChI=1S/C24H31N3O/c28-21-3-1-2-20-22(21)27(23(25-20)19-10-14-4-5-18(19)9-14)26-24-11-15-6-16(12-24)8-17(7-15)13-24/h1-3,14-19,26,28H,4-13H2. The summed E-state index contributed by atoms with van der Waals surface area (Å²) in [7, 11) is 0. The van der Waals surface area contributed by atoms with Gasteiger partial charge < -0.3 is 10.5 Å². The van der Waals surface area contributed by atoms with Crippen LogP contribution in [0.25, 0.3) is 11.0 Å². The van der Waals surface area contributed by atoms with Crippen LogP contribution in [0, 0.1) is 29.6 Å². The predicted molar refractivity (Wildman–Crippen MR) is 110 cm³/mol. The van der Waals surface area contributed by atoms with E-state index in [0.717, 1.165) is 40.6 Å². The summed E-state index contributed by atoms with van der Waals surface area (Å²) in [4.78, 5) is 5.11. The second-order valence-corrected chi connectivity index (χ2v) is 11.0. The SMILES string of the molecule is Oc1cccc2nc(C3CC4CCC3C4)n(NC34CC5CC(CC(C5)C3)C4)c12. The zero-order valence-electron chi connectivity index (χ0n) is 16.6. The molecule has 6 aliphatic carbocycles. The average molecular weight is 378 g/mol. The summed E-state index contributed by atoms with van der Waals surface area (Å²) >= 11 is 0. The minimum Gasteiger partial charge on any atom is -0.506 e. The number of aromatic nitrogens is 2. The van der Waals surface area contributed by atoms with Crippen LogP contribution in [0.5, 0.6) is 5.75 Å². The van der Waals surface area contributed by atoms with Gasteiger partial charge in [0.1, 0.15) is 17.1 Å². The van der Waals surface area contributed by atoms with E-state index >= 15 is 0 Å². The van der Waals surface area contributed by atoms with Gasteiger partial charge in [-0.15, -0.1) is 0 Å². The van der Waals surface area contributed by atoms with E-state index in [-0.39, 0.29) is 5.54 Å². The molecule has 2 aromatic rings. The van der Waals surface area contributed by atoms with Crippen molar-refractivity contribution in [3.63, 3.8) is 0 Å². The van der Waals surface area contributed by atoms with Crippen molar-refractivity contribution >= 4 is 11.0 Å². The van der Waals surface area contributed by atoms with Crippen LogP contribution in [0.15, 0.2) is 18.2 Å². The van der Waals surface area contributed by atoms with E-state index in [2.05, 4.69) is 16.2 Å². The van der Waals surface area contributed by atoms with Crippen LogP contribution in [-0.2, 0) is 0 Å². The second-order valence-electron chi connectivity index (χ2n) is 11.0. The highest BCUT2D eigenvalue weighted by Gasteiger charge is 2.52. The lowest BCUT2D eigenvalue weighted by Crippen LogP contribution is -2.57. The van der Waals surface area contributed by atoms with Gasteiger partial charge in [-0.25, -0.2) is 9.66 Å². The maximum atomic E-state index is 10.8. The van der Waals surface area contributed by atoms with Crippen LogP contribution >= 0.6 is 0 Å². The number of fused-ring (bicyclic) bond motifs is 3. The van der Waals surface area contributed by atoms with Crippen molar-refractivity contribution in [2.75, 3.05) is 5.43 Å². The molecular weight excluding hydrogens is 346 g/mol. The van der Waals surface area contributed by atoms with Crippen molar-refractivity contribution in [1.29, 1.82) is 0 Å². The molecule has 1 heterocycles. The average Bonchev–Trinajstić information content (AvgIpc) is 3.35. The van der Waals surface area contributed by atoms with Gasteiger partial charge >= 0.3 is 0 Å². The first-order chi connectivity index (χ1) is 13.7. The van der Waals surface area contributed by atoms with Crippen molar-refractivity contribution in [2.45, 2.75) is 75.7 Å². The molecule has 6 bridgehead atoms. The molecule has 0 saturated heterocycles. The van der Waals surface area contributed by atoms with Gasteiger partial charge in [0.2, 0.25) is 0 Å². The fourth-order valence-corrected chi connectivity index (χ4v) is 8.53. The molecule has 6 aliphatic rings. The summed E-state index contributed by atoms with van der Waals surface area (Å²) in [6, 6.07) is 5.83. The van der Waals surface area contributed by atoms with E-state index in [1.807, 2.05) is 12.1 Å². The van der Waals surface area contributed by atoms with Crippen molar-refractivity contribution in [1.82, 2.24) is 9.66 Å². The molecule has 28 heavy (non-hydrogen) atoms. The maximum Gasteiger partial charge on any atom is 0.143 e. The highest BCUT2D eigenvalue weighted by molar-refractivity contribution is 5.82. The summed E-state index contributed by atoms with van der Waals surface area (Å²) in [5.74, 6) is 6.56. The molecule has 6 saturated carbocycles. The van der Waals surface area contributed by atoms with Crippen molar-refractivity contribution in [3.05, 3.63) is 24.0 Å². The Kier molecular flexibility index (Phi) is 3.14. The quantitative estimate of drug-likeness (QED) is 0.777. The Balaban J connectivity index is 1.34. The topological polar surface area (TPSA) is 50.1 Å². The molecule has 4 nitrogen and oxygen atoms in total. The van der Waals surface area contributed by atoms with Crippen LogP contribution < -0.4 is 5.43 Å². The predicted octanol–water partition coefficient (Wildman–Crippen LogP) is 5.16. The molecule has 3 atom stereocenters. The lowest BCUT2D eigenvalue weighted by atomic mass is 9.53. The number of hydrogen-bond acceptors (Lipinski definition) is 3. The van der Waals surface area contributed by atoms with Gasteiger partial charge in [-0.1, -0.05) is 12.5 Å². The number of benzene rings is 1. The van der Waals surface area contributed by atoms with Gasteiger partial charge in [-0.3, -0.25) is 0 Å². The molecule has 1 aromatic heterocycles. The molecule has 3 unspecified atom stereocenters. The first-order valence-corrected chi connectivity index (χ1v) is 11.6. The fraction of sp³-hybridized carbons (Fsp3) is 0.708. The van der Waals surface area contributed by atoms with E-state index in [9.17, 15) is 5.11 Å². The Bertz CT molecular complexity index is 911. The fourth-order valence-electron chi connectivity index (χ4n) is 8.53. The van der Waals surface area contributed by atoms with Gasteiger partial charge in [0.15, 0.2) is 0 Å². The molecule has 1 aromatic carbocycles. The lowest BCUT2D eigenvalue weighted by molar-refractivity contribution is 0.00473. The summed E-state index contributed by atoms with van der Waals surface area (Å²) in [5, 5.41) is 10.8. The molecule has 0 aliphatic heterocycles. The normalized spacial score (nSPS) is 43.3. The van der Waals surface area contributed by atoms with Crippen LogP contribution in [0.3, 0.4) is 0 Å². The molecule has 6 fully saturated rings. The van der Waals surface area contributed by atoms with Gasteiger partial charge in [-0.05, 0) is 99.5 Å². The minimum atomic E-state index is 0.219. The number of aromatic hydroxyl groups is 1. The Labute approximate surface area is 166 Å². The highest BCUT2D eigenvalue weighted by atomic mass is 16.3. The minimum absolute atomic E-state index is 0.219. The smallest absolute Gasteiger partial charge is 0.143 e. The highest BCUT2D eigenvalue weighted by Crippen LogP contribution is 2.57. The summed E-state index contributed by atoms with van der Waals surface area (Å²) in [6.45, 7) is 0. The lowest BCUT2D eigenvalue weighted by Gasteiger charge is -2.57. The van der Waals surface area contributed by atoms with Gasteiger partial charge in [-0.2, -0.15) is 0 Å². The van der Waals surface area contributed by atoms with E-state index in [1.165, 1.54) is 70.0 Å². The largest absolute Gasteiger partial charge is 0.506 e. The zero-order valence-corrected chi connectivity index (χ0v) is 16.6. The number of phenolic OH excluding ortho intramolecular Hbond substituents is 1. The third-order valence-electron chi connectivity index (χ3n) is 9.14. The molecule has 148 valence electrons. The summed E-state index contributed by atoms with van der Waals surface area (Å²) < 4.78 is 2.28. The van der Waals surface area contributed by atoms with Crippen LogP contribution in [-0.4, -0.2) is 20.3 Å². The molecule has 4 heteroatoms. The Morgan fingerprint density at radius 3 is 2.32 bits per heavy atom. The van der Waals surface area contributed by atoms with Gasteiger partial charge in [0, 0.05) is 5.92 Å². The molecule has 0 spiro atoms. The zero-order chi connectivity index (χ0) is 18.5. The molecule has 0 radical (unpaired) electrons. The molecule has 0 amide bonds. The Morgan fingerprint density at radius 1 is 0.929 bits per heavy atom.